The lowest BCUT2D eigenvalue weighted by molar-refractivity contribution is 0.0302. The summed E-state index contributed by atoms with van der Waals surface area (Å²) in [6.45, 7) is 2.10. The molecule has 0 bridgehead atoms. The zero-order valence-corrected chi connectivity index (χ0v) is 11.8. The molecule has 0 aliphatic carbocycles. The minimum atomic E-state index is -2.36. The van der Waals surface area contributed by atoms with Crippen molar-refractivity contribution in [3.05, 3.63) is 28.2 Å². The topological polar surface area (TPSA) is 69.7 Å². The molecule has 2 rings (SSSR count). The summed E-state index contributed by atoms with van der Waals surface area (Å²) >= 11 is 0.774. The predicted octanol–water partition coefficient (Wildman–Crippen LogP) is 1.16. The van der Waals surface area contributed by atoms with Gasteiger partial charge in [-0.1, -0.05) is 0 Å². The number of carbonyl (C=O) groups excluding carboxylic acids is 1. The summed E-state index contributed by atoms with van der Waals surface area (Å²) < 4.78 is 27.6. The summed E-state index contributed by atoms with van der Waals surface area (Å²) in [5, 5.41) is 0. The van der Waals surface area contributed by atoms with Crippen LogP contribution in [0.4, 0.5) is 0 Å². The average Bonchev–Trinajstić information content (AvgIpc) is 2.39. The van der Waals surface area contributed by atoms with Gasteiger partial charge in [-0.3, -0.25) is 9.00 Å². The zero-order valence-electron chi connectivity index (χ0n) is 9.43. The molecule has 1 saturated heterocycles. The SMILES string of the molecule is O=C(c1ccc(Br)c(S(=O)[O-])c1)N1CCOCC1. The van der Waals surface area contributed by atoms with E-state index in [-0.39, 0.29) is 10.8 Å². The summed E-state index contributed by atoms with van der Waals surface area (Å²) in [6, 6.07) is 4.56. The highest BCUT2D eigenvalue weighted by Gasteiger charge is 2.19. The maximum Gasteiger partial charge on any atom is 0.254 e. The van der Waals surface area contributed by atoms with E-state index in [1.807, 2.05) is 0 Å². The van der Waals surface area contributed by atoms with Crippen LogP contribution in [0.2, 0.25) is 0 Å². The molecule has 0 aromatic heterocycles. The third kappa shape index (κ3) is 2.97. The molecule has 98 valence electrons. The Hall–Kier alpha value is -0.760. The summed E-state index contributed by atoms with van der Waals surface area (Å²) in [4.78, 5) is 13.9. The summed E-state index contributed by atoms with van der Waals surface area (Å²) in [5.74, 6) is -0.169. The van der Waals surface area contributed by atoms with Crippen LogP contribution in [-0.2, 0) is 15.8 Å². The lowest BCUT2D eigenvalue weighted by Crippen LogP contribution is -2.40. The van der Waals surface area contributed by atoms with Crippen molar-refractivity contribution in [2.75, 3.05) is 26.3 Å². The summed E-state index contributed by atoms with van der Waals surface area (Å²) in [6.07, 6.45) is 0. The monoisotopic (exact) mass is 332 g/mol. The molecule has 0 spiro atoms. The highest BCUT2D eigenvalue weighted by Crippen LogP contribution is 2.22. The van der Waals surface area contributed by atoms with Crippen LogP contribution < -0.4 is 0 Å². The number of morpholine rings is 1. The minimum Gasteiger partial charge on any atom is -0.768 e. The second-order valence-electron chi connectivity index (χ2n) is 3.78. The number of hydrogen-bond acceptors (Lipinski definition) is 4. The van der Waals surface area contributed by atoms with Gasteiger partial charge in [-0.2, -0.15) is 0 Å². The van der Waals surface area contributed by atoms with Crippen LogP contribution >= 0.6 is 15.9 Å². The van der Waals surface area contributed by atoms with E-state index < -0.39 is 11.1 Å². The van der Waals surface area contributed by atoms with Crippen LogP contribution in [0.5, 0.6) is 0 Å². The van der Waals surface area contributed by atoms with E-state index in [4.69, 9.17) is 4.74 Å². The highest BCUT2D eigenvalue weighted by molar-refractivity contribution is 9.10. The fourth-order valence-electron chi connectivity index (χ4n) is 1.71. The number of hydrogen-bond donors (Lipinski definition) is 0. The molecule has 0 radical (unpaired) electrons. The molecular formula is C11H11BrNO4S-. The first-order valence-corrected chi connectivity index (χ1v) is 7.22. The van der Waals surface area contributed by atoms with Gasteiger partial charge in [-0.05, 0) is 45.2 Å². The standard InChI is InChI=1S/C11H12BrNO4S/c12-9-2-1-8(7-10(9)18(15)16)11(14)13-3-5-17-6-4-13/h1-2,7H,3-6H2,(H,15,16)/p-1. The number of rotatable bonds is 2. The van der Waals surface area contributed by atoms with Gasteiger partial charge in [0.05, 0.1) is 13.2 Å². The number of halogens is 1. The van der Waals surface area contributed by atoms with Crippen molar-refractivity contribution in [2.45, 2.75) is 4.90 Å². The number of ether oxygens (including phenoxy) is 1. The summed E-state index contributed by atoms with van der Waals surface area (Å²) in [5.41, 5.74) is 0.374. The molecule has 1 aromatic rings. The number of nitrogens with zero attached hydrogens (tertiary/aromatic N) is 1. The molecule has 1 heterocycles. The maximum absolute atomic E-state index is 12.1. The van der Waals surface area contributed by atoms with Crippen LogP contribution in [0.3, 0.4) is 0 Å². The van der Waals surface area contributed by atoms with E-state index in [1.54, 1.807) is 17.0 Å². The van der Waals surface area contributed by atoms with Crippen molar-refractivity contribution in [1.29, 1.82) is 0 Å². The number of carbonyl (C=O) groups is 1. The molecule has 1 atom stereocenters. The van der Waals surface area contributed by atoms with E-state index in [0.717, 1.165) is 0 Å². The Labute approximate surface area is 116 Å². The van der Waals surface area contributed by atoms with Gasteiger partial charge in [-0.25, -0.2) is 0 Å². The Morgan fingerprint density at radius 3 is 2.67 bits per heavy atom. The Balaban J connectivity index is 2.24. The largest absolute Gasteiger partial charge is 0.768 e. The van der Waals surface area contributed by atoms with Crippen molar-refractivity contribution in [2.24, 2.45) is 0 Å². The van der Waals surface area contributed by atoms with Crippen molar-refractivity contribution in [3.8, 4) is 0 Å². The molecule has 1 amide bonds. The van der Waals surface area contributed by atoms with Gasteiger partial charge in [0, 0.05) is 28.0 Å². The predicted molar refractivity (Wildman–Crippen MR) is 68.1 cm³/mol. The first kappa shape index (κ1) is 13.7. The average molecular weight is 333 g/mol. The van der Waals surface area contributed by atoms with E-state index in [2.05, 4.69) is 15.9 Å². The molecule has 1 unspecified atom stereocenters. The minimum absolute atomic E-state index is 0.0918. The Bertz CT molecular complexity index is 488. The first-order valence-electron chi connectivity index (χ1n) is 5.35. The van der Waals surface area contributed by atoms with Crippen LogP contribution in [-0.4, -0.2) is 45.9 Å². The molecular weight excluding hydrogens is 322 g/mol. The normalized spacial score (nSPS) is 17.6. The van der Waals surface area contributed by atoms with E-state index >= 15 is 0 Å². The molecule has 7 heteroatoms. The molecule has 0 N–H and O–H groups in total. The summed E-state index contributed by atoms with van der Waals surface area (Å²) in [7, 11) is 0. The second kappa shape index (κ2) is 5.92. The van der Waals surface area contributed by atoms with Crippen molar-refractivity contribution in [3.63, 3.8) is 0 Å². The van der Waals surface area contributed by atoms with Crippen LogP contribution in [0, 0.1) is 0 Å². The number of amides is 1. The van der Waals surface area contributed by atoms with Crippen molar-refractivity contribution in [1.82, 2.24) is 4.90 Å². The lowest BCUT2D eigenvalue weighted by Gasteiger charge is -2.27. The first-order chi connectivity index (χ1) is 8.59. The van der Waals surface area contributed by atoms with Gasteiger partial charge < -0.3 is 14.2 Å². The maximum atomic E-state index is 12.1. The fraction of sp³-hybridized carbons (Fsp3) is 0.364. The Morgan fingerprint density at radius 1 is 1.39 bits per heavy atom. The second-order valence-corrected chi connectivity index (χ2v) is 5.55. The smallest absolute Gasteiger partial charge is 0.254 e. The fourth-order valence-corrected chi connectivity index (χ4v) is 2.81. The molecule has 5 nitrogen and oxygen atoms in total. The van der Waals surface area contributed by atoms with Gasteiger partial charge >= 0.3 is 0 Å². The quantitative estimate of drug-likeness (QED) is 0.762. The Kier molecular flexibility index (Phi) is 4.50. The lowest BCUT2D eigenvalue weighted by atomic mass is 10.2. The van der Waals surface area contributed by atoms with Crippen molar-refractivity contribution >= 4 is 32.9 Å². The Morgan fingerprint density at radius 2 is 2.06 bits per heavy atom. The van der Waals surface area contributed by atoms with Crippen LogP contribution in [0.1, 0.15) is 10.4 Å². The third-order valence-electron chi connectivity index (χ3n) is 2.66. The molecule has 0 saturated carbocycles. The molecule has 1 aromatic carbocycles. The zero-order chi connectivity index (χ0) is 13.1. The molecule has 18 heavy (non-hydrogen) atoms. The van der Waals surface area contributed by atoms with E-state index in [1.165, 1.54) is 6.07 Å². The van der Waals surface area contributed by atoms with Crippen LogP contribution in [0.15, 0.2) is 27.6 Å². The van der Waals surface area contributed by atoms with Gasteiger partial charge in [0.2, 0.25) is 0 Å². The molecule has 1 aliphatic heterocycles. The van der Waals surface area contributed by atoms with Crippen molar-refractivity contribution < 1.29 is 18.3 Å². The molecule has 1 fully saturated rings. The van der Waals surface area contributed by atoms with Gasteiger partial charge in [0.15, 0.2) is 0 Å². The number of benzene rings is 1. The third-order valence-corrected chi connectivity index (χ3v) is 4.31. The van der Waals surface area contributed by atoms with Gasteiger partial charge in [0.25, 0.3) is 5.91 Å². The van der Waals surface area contributed by atoms with Crippen LogP contribution in [0.25, 0.3) is 0 Å². The van der Waals surface area contributed by atoms with Gasteiger partial charge in [-0.15, -0.1) is 0 Å². The van der Waals surface area contributed by atoms with E-state index in [0.29, 0.717) is 36.3 Å². The molecule has 1 aliphatic rings. The van der Waals surface area contributed by atoms with E-state index in [9.17, 15) is 13.6 Å². The highest BCUT2D eigenvalue weighted by atomic mass is 79.9. The van der Waals surface area contributed by atoms with Gasteiger partial charge in [0.1, 0.15) is 0 Å².